The number of aromatic nitrogens is 4. The van der Waals surface area contributed by atoms with Crippen molar-refractivity contribution >= 4 is 10.9 Å². The van der Waals surface area contributed by atoms with E-state index in [4.69, 9.17) is 4.42 Å². The zero-order valence-electron chi connectivity index (χ0n) is 16.1. The lowest BCUT2D eigenvalue weighted by Crippen LogP contribution is -2.37. The molecule has 1 N–H and O–H groups in total. The van der Waals surface area contributed by atoms with Crippen LogP contribution in [0.4, 0.5) is 0 Å². The molecule has 5 rings (SSSR count). The van der Waals surface area contributed by atoms with E-state index in [-0.39, 0.29) is 0 Å². The Bertz CT molecular complexity index is 1100. The fourth-order valence-corrected chi connectivity index (χ4v) is 4.35. The highest BCUT2D eigenvalue weighted by Gasteiger charge is 2.33. The molecule has 0 saturated heterocycles. The lowest BCUT2D eigenvalue weighted by molar-refractivity contribution is 0.121. The maximum absolute atomic E-state index is 5.93. The maximum atomic E-state index is 5.93. The topological polar surface area (TPSA) is 70.8 Å². The van der Waals surface area contributed by atoms with Crippen molar-refractivity contribution in [3.05, 3.63) is 65.9 Å². The summed E-state index contributed by atoms with van der Waals surface area (Å²) in [5.41, 5.74) is 4.84. The van der Waals surface area contributed by atoms with Gasteiger partial charge in [-0.25, -0.2) is 0 Å². The first-order valence-electron chi connectivity index (χ1n) is 9.77. The van der Waals surface area contributed by atoms with Crippen LogP contribution in [0.5, 0.6) is 0 Å². The first kappa shape index (κ1) is 17.1. The van der Waals surface area contributed by atoms with Gasteiger partial charge in [0.25, 0.3) is 0 Å². The first-order valence-corrected chi connectivity index (χ1v) is 9.77. The SMILES string of the molecule is CC(C)C1c2[nH]c3ccccc3c2CCN1Cc1nnc(-c2cccnc2)o1. The van der Waals surface area contributed by atoms with E-state index in [2.05, 4.69) is 63.2 Å². The normalized spacial score (nSPS) is 17.3. The van der Waals surface area contributed by atoms with E-state index in [1.165, 1.54) is 22.2 Å². The van der Waals surface area contributed by atoms with E-state index in [0.29, 0.717) is 30.3 Å². The minimum atomic E-state index is 0.296. The summed E-state index contributed by atoms with van der Waals surface area (Å²) in [4.78, 5) is 10.2. The van der Waals surface area contributed by atoms with E-state index in [1.807, 2.05) is 12.1 Å². The second-order valence-corrected chi connectivity index (χ2v) is 7.71. The van der Waals surface area contributed by atoms with Gasteiger partial charge in [0, 0.05) is 35.5 Å². The zero-order chi connectivity index (χ0) is 19.1. The zero-order valence-corrected chi connectivity index (χ0v) is 16.1. The van der Waals surface area contributed by atoms with Gasteiger partial charge in [-0.05, 0) is 36.1 Å². The molecule has 0 spiro atoms. The van der Waals surface area contributed by atoms with Gasteiger partial charge >= 0.3 is 0 Å². The Balaban J connectivity index is 1.45. The molecule has 142 valence electrons. The number of para-hydroxylation sites is 1. The van der Waals surface area contributed by atoms with Crippen molar-refractivity contribution in [2.75, 3.05) is 6.54 Å². The second-order valence-electron chi connectivity index (χ2n) is 7.71. The Hall–Kier alpha value is -2.99. The number of hydrogen-bond acceptors (Lipinski definition) is 5. The molecule has 6 heteroatoms. The Morgan fingerprint density at radius 2 is 2.07 bits per heavy atom. The Kier molecular flexibility index (Phi) is 4.20. The van der Waals surface area contributed by atoms with Gasteiger partial charge in [-0.2, -0.15) is 0 Å². The molecule has 28 heavy (non-hydrogen) atoms. The van der Waals surface area contributed by atoms with Gasteiger partial charge in [0.2, 0.25) is 11.8 Å². The van der Waals surface area contributed by atoms with Gasteiger partial charge < -0.3 is 9.40 Å². The van der Waals surface area contributed by atoms with Crippen molar-refractivity contribution in [2.24, 2.45) is 5.92 Å². The molecular formula is C22H23N5O. The van der Waals surface area contributed by atoms with Crippen molar-refractivity contribution in [3.8, 4) is 11.5 Å². The molecule has 0 fully saturated rings. The highest BCUT2D eigenvalue weighted by Crippen LogP contribution is 2.39. The highest BCUT2D eigenvalue weighted by atomic mass is 16.4. The average Bonchev–Trinajstić information content (AvgIpc) is 3.32. The smallest absolute Gasteiger partial charge is 0.249 e. The summed E-state index contributed by atoms with van der Waals surface area (Å²) in [6, 6.07) is 12.7. The van der Waals surface area contributed by atoms with Gasteiger partial charge in [0.15, 0.2) is 0 Å². The summed E-state index contributed by atoms with van der Waals surface area (Å²) in [6.45, 7) is 6.16. The van der Waals surface area contributed by atoms with Gasteiger partial charge in [0.1, 0.15) is 0 Å². The van der Waals surface area contributed by atoms with Crippen LogP contribution in [0.2, 0.25) is 0 Å². The first-order chi connectivity index (χ1) is 13.7. The van der Waals surface area contributed by atoms with Crippen LogP contribution in [-0.2, 0) is 13.0 Å². The molecule has 6 nitrogen and oxygen atoms in total. The van der Waals surface area contributed by atoms with Gasteiger partial charge in [-0.3, -0.25) is 9.88 Å². The Morgan fingerprint density at radius 1 is 1.18 bits per heavy atom. The highest BCUT2D eigenvalue weighted by molar-refractivity contribution is 5.85. The van der Waals surface area contributed by atoms with Gasteiger partial charge in [-0.15, -0.1) is 10.2 Å². The number of nitrogens with one attached hydrogen (secondary N) is 1. The van der Waals surface area contributed by atoms with Crippen molar-refractivity contribution in [2.45, 2.75) is 32.9 Å². The summed E-state index contributed by atoms with van der Waals surface area (Å²) in [5, 5.41) is 9.84. The molecule has 0 saturated carbocycles. The second kappa shape index (κ2) is 6.87. The van der Waals surface area contributed by atoms with E-state index in [1.54, 1.807) is 12.4 Å². The van der Waals surface area contributed by atoms with Gasteiger partial charge in [-0.1, -0.05) is 32.0 Å². The van der Waals surface area contributed by atoms with Crippen molar-refractivity contribution in [3.63, 3.8) is 0 Å². The number of rotatable bonds is 4. The molecule has 1 atom stereocenters. The van der Waals surface area contributed by atoms with Crippen LogP contribution >= 0.6 is 0 Å². The molecule has 1 aromatic carbocycles. The minimum absolute atomic E-state index is 0.296. The van der Waals surface area contributed by atoms with E-state index < -0.39 is 0 Å². The quantitative estimate of drug-likeness (QED) is 0.575. The van der Waals surface area contributed by atoms with Crippen LogP contribution in [0.15, 0.2) is 53.2 Å². The van der Waals surface area contributed by atoms with Crippen LogP contribution < -0.4 is 0 Å². The summed E-state index contributed by atoms with van der Waals surface area (Å²) in [5.74, 6) is 1.63. The Morgan fingerprint density at radius 3 is 2.89 bits per heavy atom. The predicted octanol–water partition coefficient (Wildman–Crippen LogP) is 4.37. The van der Waals surface area contributed by atoms with Crippen LogP contribution in [0, 0.1) is 5.92 Å². The lowest BCUT2D eigenvalue weighted by Gasteiger charge is -2.37. The lowest BCUT2D eigenvalue weighted by atomic mass is 9.90. The molecule has 4 aromatic rings. The molecule has 1 aliphatic heterocycles. The molecule has 4 heterocycles. The van der Waals surface area contributed by atoms with Crippen LogP contribution in [-0.4, -0.2) is 31.6 Å². The summed E-state index contributed by atoms with van der Waals surface area (Å²) in [7, 11) is 0. The average molecular weight is 373 g/mol. The van der Waals surface area contributed by atoms with Crippen LogP contribution in [0.3, 0.4) is 0 Å². The fourth-order valence-electron chi connectivity index (χ4n) is 4.35. The van der Waals surface area contributed by atoms with Crippen molar-refractivity contribution in [1.82, 2.24) is 25.1 Å². The number of hydrogen-bond donors (Lipinski definition) is 1. The molecule has 0 aliphatic carbocycles. The maximum Gasteiger partial charge on any atom is 0.249 e. The predicted molar refractivity (Wildman–Crippen MR) is 108 cm³/mol. The summed E-state index contributed by atoms with van der Waals surface area (Å²) >= 11 is 0. The van der Waals surface area contributed by atoms with E-state index in [0.717, 1.165) is 18.5 Å². The Labute approximate surface area is 163 Å². The number of pyridine rings is 1. The van der Waals surface area contributed by atoms with Gasteiger partial charge in [0.05, 0.1) is 18.2 Å². The van der Waals surface area contributed by atoms with Crippen LogP contribution in [0.1, 0.15) is 37.0 Å². The summed E-state index contributed by atoms with van der Waals surface area (Å²) in [6.07, 6.45) is 4.50. The number of H-pyrrole nitrogens is 1. The number of fused-ring (bicyclic) bond motifs is 3. The molecule has 3 aromatic heterocycles. The third-order valence-electron chi connectivity index (χ3n) is 5.53. The number of aromatic amines is 1. The molecule has 1 unspecified atom stereocenters. The van der Waals surface area contributed by atoms with Crippen molar-refractivity contribution < 1.29 is 4.42 Å². The standard InChI is InChI=1S/C22H23N5O/c1-14(2)21-20-17(16-7-3-4-8-18(16)24-20)9-11-27(21)13-19-25-26-22(28-19)15-6-5-10-23-12-15/h3-8,10,12,14,21,24H,9,11,13H2,1-2H3. The van der Waals surface area contributed by atoms with E-state index >= 15 is 0 Å². The third-order valence-corrected chi connectivity index (χ3v) is 5.53. The molecule has 0 bridgehead atoms. The van der Waals surface area contributed by atoms with E-state index in [9.17, 15) is 0 Å². The molecule has 1 aliphatic rings. The molecule has 0 radical (unpaired) electrons. The third kappa shape index (κ3) is 2.90. The number of nitrogens with zero attached hydrogens (tertiary/aromatic N) is 4. The fraction of sp³-hybridized carbons (Fsp3) is 0.318. The molecular weight excluding hydrogens is 350 g/mol. The van der Waals surface area contributed by atoms with Crippen molar-refractivity contribution in [1.29, 1.82) is 0 Å². The summed E-state index contributed by atoms with van der Waals surface area (Å²) < 4.78 is 5.93. The monoisotopic (exact) mass is 373 g/mol. The van der Waals surface area contributed by atoms with Crippen LogP contribution in [0.25, 0.3) is 22.4 Å². The largest absolute Gasteiger partial charge is 0.419 e. The molecule has 0 amide bonds. The minimum Gasteiger partial charge on any atom is -0.419 e. The number of benzene rings is 1.